The van der Waals surface area contributed by atoms with Crippen LogP contribution in [-0.4, -0.2) is 30.7 Å². The maximum absolute atomic E-state index is 9.51. The molecule has 86 valence electrons. The predicted octanol–water partition coefficient (Wildman–Crippen LogP) is 1.99. The van der Waals surface area contributed by atoms with Gasteiger partial charge in [-0.1, -0.05) is 12.1 Å². The highest BCUT2D eigenvalue weighted by molar-refractivity contribution is 7.99. The van der Waals surface area contributed by atoms with E-state index in [2.05, 4.69) is 18.2 Å². The topological polar surface area (TPSA) is 29.5 Å². The van der Waals surface area contributed by atoms with Crippen LogP contribution in [0.5, 0.6) is 0 Å². The number of benzene rings is 1. The van der Waals surface area contributed by atoms with Crippen molar-refractivity contribution in [3.05, 3.63) is 29.3 Å². The Morgan fingerprint density at radius 2 is 2.25 bits per heavy atom. The minimum Gasteiger partial charge on any atom is -0.395 e. The molecule has 3 rings (SSSR count). The standard InChI is InChI=1S/C13H16O2S/c14-7-13(8-15-9-13)11-3-4-12-10(6-11)2-1-5-16-12/h3-4,6,14H,1-2,5,7-9H2. The van der Waals surface area contributed by atoms with Gasteiger partial charge in [-0.05, 0) is 35.8 Å². The maximum Gasteiger partial charge on any atom is 0.0651 e. The summed E-state index contributed by atoms with van der Waals surface area (Å²) in [5, 5.41) is 9.51. The summed E-state index contributed by atoms with van der Waals surface area (Å²) in [6, 6.07) is 6.65. The number of aliphatic hydroxyl groups is 1. The van der Waals surface area contributed by atoms with Crippen molar-refractivity contribution >= 4 is 11.8 Å². The van der Waals surface area contributed by atoms with E-state index in [1.165, 1.54) is 34.6 Å². The van der Waals surface area contributed by atoms with Crippen LogP contribution in [0.15, 0.2) is 23.1 Å². The molecule has 1 aromatic rings. The fourth-order valence-electron chi connectivity index (χ4n) is 2.39. The van der Waals surface area contributed by atoms with Crippen LogP contribution in [0, 0.1) is 0 Å². The zero-order chi connectivity index (χ0) is 11.0. The number of rotatable bonds is 2. The first-order chi connectivity index (χ1) is 7.84. The van der Waals surface area contributed by atoms with E-state index < -0.39 is 0 Å². The van der Waals surface area contributed by atoms with Crippen LogP contribution in [0.2, 0.25) is 0 Å². The fourth-order valence-corrected chi connectivity index (χ4v) is 3.41. The summed E-state index contributed by atoms with van der Waals surface area (Å²) < 4.78 is 5.26. The van der Waals surface area contributed by atoms with Crippen molar-refractivity contribution < 1.29 is 9.84 Å². The normalized spacial score (nSPS) is 22.3. The van der Waals surface area contributed by atoms with Crippen LogP contribution in [-0.2, 0) is 16.6 Å². The van der Waals surface area contributed by atoms with Crippen molar-refractivity contribution in [1.29, 1.82) is 0 Å². The van der Waals surface area contributed by atoms with Gasteiger partial charge in [-0.3, -0.25) is 0 Å². The Balaban J connectivity index is 1.96. The highest BCUT2D eigenvalue weighted by Crippen LogP contribution is 2.36. The number of hydrogen-bond acceptors (Lipinski definition) is 3. The van der Waals surface area contributed by atoms with Crippen LogP contribution < -0.4 is 0 Å². The molecule has 0 amide bonds. The Morgan fingerprint density at radius 1 is 1.38 bits per heavy atom. The Bertz CT molecular complexity index is 393. The number of hydrogen-bond donors (Lipinski definition) is 1. The molecule has 0 bridgehead atoms. The van der Waals surface area contributed by atoms with Crippen LogP contribution >= 0.6 is 11.8 Å². The molecular formula is C13H16O2S. The number of thioether (sulfide) groups is 1. The van der Waals surface area contributed by atoms with Crippen molar-refractivity contribution in [2.45, 2.75) is 23.2 Å². The molecule has 3 heteroatoms. The van der Waals surface area contributed by atoms with Gasteiger partial charge in [0.05, 0.1) is 25.2 Å². The molecule has 2 nitrogen and oxygen atoms in total. The predicted molar refractivity (Wildman–Crippen MR) is 65.1 cm³/mol. The molecule has 1 aromatic carbocycles. The second-order valence-electron chi connectivity index (χ2n) is 4.71. The fraction of sp³-hybridized carbons (Fsp3) is 0.538. The third kappa shape index (κ3) is 1.58. The van der Waals surface area contributed by atoms with Gasteiger partial charge in [-0.2, -0.15) is 0 Å². The number of aryl methyl sites for hydroxylation is 1. The Morgan fingerprint density at radius 3 is 2.94 bits per heavy atom. The smallest absolute Gasteiger partial charge is 0.0651 e. The van der Waals surface area contributed by atoms with E-state index in [9.17, 15) is 5.11 Å². The molecule has 0 saturated carbocycles. The van der Waals surface area contributed by atoms with E-state index in [1.54, 1.807) is 0 Å². The molecule has 0 radical (unpaired) electrons. The molecule has 0 aliphatic carbocycles. The van der Waals surface area contributed by atoms with Crippen LogP contribution in [0.25, 0.3) is 0 Å². The summed E-state index contributed by atoms with van der Waals surface area (Å²) in [6.07, 6.45) is 2.45. The van der Waals surface area contributed by atoms with Gasteiger partial charge in [-0.15, -0.1) is 11.8 Å². The number of aliphatic hydroxyl groups excluding tert-OH is 1. The molecule has 0 unspecified atom stereocenters. The Labute approximate surface area is 100 Å². The highest BCUT2D eigenvalue weighted by atomic mass is 32.2. The summed E-state index contributed by atoms with van der Waals surface area (Å²) in [6.45, 7) is 1.52. The van der Waals surface area contributed by atoms with Crippen molar-refractivity contribution in [3.8, 4) is 0 Å². The molecule has 1 fully saturated rings. The van der Waals surface area contributed by atoms with E-state index >= 15 is 0 Å². The molecular weight excluding hydrogens is 220 g/mol. The summed E-state index contributed by atoms with van der Waals surface area (Å²) in [7, 11) is 0. The van der Waals surface area contributed by atoms with Gasteiger partial charge in [0.1, 0.15) is 0 Å². The van der Waals surface area contributed by atoms with Gasteiger partial charge in [0.2, 0.25) is 0 Å². The lowest BCUT2D eigenvalue weighted by molar-refractivity contribution is -0.0842. The average molecular weight is 236 g/mol. The Hall–Kier alpha value is -0.510. The van der Waals surface area contributed by atoms with Gasteiger partial charge < -0.3 is 9.84 Å². The van der Waals surface area contributed by atoms with Crippen molar-refractivity contribution in [3.63, 3.8) is 0 Å². The third-order valence-corrected chi connectivity index (χ3v) is 4.78. The monoisotopic (exact) mass is 236 g/mol. The van der Waals surface area contributed by atoms with Gasteiger partial charge in [0.25, 0.3) is 0 Å². The first-order valence-corrected chi connectivity index (χ1v) is 6.77. The second kappa shape index (κ2) is 4.06. The summed E-state index contributed by atoms with van der Waals surface area (Å²) in [5.41, 5.74) is 2.59. The summed E-state index contributed by atoms with van der Waals surface area (Å²) >= 11 is 1.95. The minimum atomic E-state index is -0.114. The second-order valence-corrected chi connectivity index (χ2v) is 5.84. The Kier molecular flexibility index (Phi) is 2.70. The van der Waals surface area contributed by atoms with E-state index in [0.717, 1.165) is 0 Å². The number of fused-ring (bicyclic) bond motifs is 1. The largest absolute Gasteiger partial charge is 0.395 e. The van der Waals surface area contributed by atoms with Gasteiger partial charge in [-0.25, -0.2) is 0 Å². The summed E-state index contributed by atoms with van der Waals surface area (Å²) in [4.78, 5) is 1.42. The molecule has 0 spiro atoms. The lowest BCUT2D eigenvalue weighted by Gasteiger charge is -2.40. The molecule has 1 N–H and O–H groups in total. The quantitative estimate of drug-likeness (QED) is 0.851. The van der Waals surface area contributed by atoms with Crippen LogP contribution in [0.1, 0.15) is 17.5 Å². The average Bonchev–Trinajstić information content (AvgIpc) is 2.28. The van der Waals surface area contributed by atoms with E-state index in [4.69, 9.17) is 4.74 Å². The van der Waals surface area contributed by atoms with E-state index in [0.29, 0.717) is 13.2 Å². The zero-order valence-corrected chi connectivity index (χ0v) is 10.1. The SMILES string of the molecule is OCC1(c2ccc3c(c2)CCCS3)COC1. The van der Waals surface area contributed by atoms with Crippen molar-refractivity contribution in [1.82, 2.24) is 0 Å². The van der Waals surface area contributed by atoms with E-state index in [1.807, 2.05) is 11.8 Å². The minimum absolute atomic E-state index is 0.114. The van der Waals surface area contributed by atoms with Crippen molar-refractivity contribution in [2.75, 3.05) is 25.6 Å². The third-order valence-electron chi connectivity index (χ3n) is 3.58. The molecule has 16 heavy (non-hydrogen) atoms. The molecule has 1 saturated heterocycles. The zero-order valence-electron chi connectivity index (χ0n) is 9.24. The first kappa shape index (κ1) is 10.6. The lowest BCUT2D eigenvalue weighted by atomic mass is 9.79. The lowest BCUT2D eigenvalue weighted by Crippen LogP contribution is -2.49. The van der Waals surface area contributed by atoms with Crippen molar-refractivity contribution in [2.24, 2.45) is 0 Å². The summed E-state index contributed by atoms with van der Waals surface area (Å²) in [5.74, 6) is 1.24. The van der Waals surface area contributed by atoms with Crippen LogP contribution in [0.3, 0.4) is 0 Å². The maximum atomic E-state index is 9.51. The van der Waals surface area contributed by atoms with Crippen LogP contribution in [0.4, 0.5) is 0 Å². The van der Waals surface area contributed by atoms with Gasteiger partial charge >= 0.3 is 0 Å². The van der Waals surface area contributed by atoms with Gasteiger partial charge in [0.15, 0.2) is 0 Å². The molecule has 2 aliphatic rings. The first-order valence-electron chi connectivity index (χ1n) is 5.79. The highest BCUT2D eigenvalue weighted by Gasteiger charge is 2.40. The molecule has 2 heterocycles. The molecule has 0 aromatic heterocycles. The van der Waals surface area contributed by atoms with E-state index in [-0.39, 0.29) is 12.0 Å². The molecule has 2 aliphatic heterocycles. The molecule has 0 atom stereocenters. The van der Waals surface area contributed by atoms with Gasteiger partial charge in [0, 0.05) is 4.90 Å². The number of ether oxygens (including phenoxy) is 1.